The Kier molecular flexibility index (Phi) is 6.85. The Balaban J connectivity index is 1.79. The Hall–Kier alpha value is -1.15. The van der Waals surface area contributed by atoms with Gasteiger partial charge < -0.3 is 9.80 Å². The summed E-state index contributed by atoms with van der Waals surface area (Å²) in [4.78, 5) is 30.7. The summed E-state index contributed by atoms with van der Waals surface area (Å²) in [5.41, 5.74) is 0. The van der Waals surface area contributed by atoms with Gasteiger partial charge in [0.1, 0.15) is 9.84 Å². The molecule has 25 heavy (non-hydrogen) atoms. The first-order valence-electron chi connectivity index (χ1n) is 9.15. The molecular formula is C17H31N3O4S. The van der Waals surface area contributed by atoms with Gasteiger partial charge in [0.25, 0.3) is 0 Å². The maximum atomic E-state index is 12.5. The highest BCUT2D eigenvalue weighted by atomic mass is 32.2. The van der Waals surface area contributed by atoms with E-state index in [1.54, 1.807) is 11.8 Å². The molecule has 0 aromatic rings. The van der Waals surface area contributed by atoms with Gasteiger partial charge in [-0.15, -0.1) is 0 Å². The Morgan fingerprint density at radius 3 is 2.28 bits per heavy atom. The number of hydrogen-bond acceptors (Lipinski definition) is 5. The zero-order chi connectivity index (χ0) is 18.6. The number of rotatable bonds is 5. The van der Waals surface area contributed by atoms with Gasteiger partial charge >= 0.3 is 0 Å². The van der Waals surface area contributed by atoms with Crippen molar-refractivity contribution in [2.45, 2.75) is 39.2 Å². The van der Waals surface area contributed by atoms with Gasteiger partial charge in [0.15, 0.2) is 0 Å². The largest absolute Gasteiger partial charge is 0.340 e. The van der Waals surface area contributed by atoms with E-state index in [-0.39, 0.29) is 17.6 Å². The van der Waals surface area contributed by atoms with Crippen molar-refractivity contribution >= 4 is 21.7 Å². The maximum Gasteiger partial charge on any atom is 0.236 e. The van der Waals surface area contributed by atoms with E-state index in [1.165, 1.54) is 6.42 Å². The molecule has 2 amide bonds. The van der Waals surface area contributed by atoms with Crippen molar-refractivity contribution in [2.75, 3.05) is 51.3 Å². The highest BCUT2D eigenvalue weighted by Crippen LogP contribution is 2.17. The number of piperazine rings is 1. The molecule has 0 N–H and O–H groups in total. The van der Waals surface area contributed by atoms with Gasteiger partial charge in [-0.2, -0.15) is 0 Å². The predicted molar refractivity (Wildman–Crippen MR) is 96.9 cm³/mol. The van der Waals surface area contributed by atoms with Crippen LogP contribution in [0.4, 0.5) is 0 Å². The van der Waals surface area contributed by atoms with Crippen LogP contribution in [0, 0.1) is 5.92 Å². The molecule has 0 saturated carbocycles. The molecule has 8 heteroatoms. The topological polar surface area (TPSA) is 78.0 Å². The summed E-state index contributed by atoms with van der Waals surface area (Å²) in [6.07, 6.45) is 4.50. The van der Waals surface area contributed by atoms with E-state index in [9.17, 15) is 18.0 Å². The molecule has 0 bridgehead atoms. The molecular weight excluding hydrogens is 342 g/mol. The monoisotopic (exact) mass is 373 g/mol. The third-order valence-electron chi connectivity index (χ3n) is 5.14. The standard InChI is InChI=1S/C17H31N3O4S/c1-14(13-25(3,23)24)17(22)19-10-8-18(9-11-19)12-16(21)20-7-5-4-6-15(20)2/h14-15H,4-13H2,1-3H3/t14-,15-/m0/s1. The number of amides is 2. The Bertz CT molecular complexity index is 585. The van der Waals surface area contributed by atoms with E-state index in [2.05, 4.69) is 11.8 Å². The fourth-order valence-electron chi connectivity index (χ4n) is 3.71. The van der Waals surface area contributed by atoms with Crippen molar-refractivity contribution in [3.63, 3.8) is 0 Å². The summed E-state index contributed by atoms with van der Waals surface area (Å²) in [6, 6.07) is 0.320. The Morgan fingerprint density at radius 2 is 1.72 bits per heavy atom. The molecule has 2 aliphatic rings. The van der Waals surface area contributed by atoms with Gasteiger partial charge in [0.05, 0.1) is 12.3 Å². The first kappa shape index (κ1) is 20.2. The van der Waals surface area contributed by atoms with Gasteiger partial charge in [-0.25, -0.2) is 8.42 Å². The van der Waals surface area contributed by atoms with E-state index in [0.717, 1.165) is 25.6 Å². The van der Waals surface area contributed by atoms with E-state index in [4.69, 9.17) is 0 Å². The zero-order valence-corrected chi connectivity index (χ0v) is 16.4. The lowest BCUT2D eigenvalue weighted by Crippen LogP contribution is -2.54. The lowest BCUT2D eigenvalue weighted by molar-refractivity contribution is -0.138. The number of likely N-dealkylation sites (tertiary alicyclic amines) is 1. The molecule has 0 spiro atoms. The molecule has 0 radical (unpaired) electrons. The average Bonchev–Trinajstić information content (AvgIpc) is 2.53. The minimum absolute atomic E-state index is 0.110. The Labute approximate surface area is 151 Å². The summed E-state index contributed by atoms with van der Waals surface area (Å²) in [5, 5.41) is 0. The fourth-order valence-corrected chi connectivity index (χ4v) is 4.77. The van der Waals surface area contributed by atoms with E-state index < -0.39 is 15.8 Å². The number of nitrogens with zero attached hydrogens (tertiary/aromatic N) is 3. The summed E-state index contributed by atoms with van der Waals surface area (Å²) >= 11 is 0. The van der Waals surface area contributed by atoms with Crippen LogP contribution in [-0.4, -0.2) is 92.3 Å². The molecule has 2 heterocycles. The molecule has 2 fully saturated rings. The van der Waals surface area contributed by atoms with E-state index in [0.29, 0.717) is 38.8 Å². The van der Waals surface area contributed by atoms with Crippen LogP contribution in [-0.2, 0) is 19.4 Å². The van der Waals surface area contributed by atoms with Crippen molar-refractivity contribution in [3.8, 4) is 0 Å². The minimum Gasteiger partial charge on any atom is -0.340 e. The van der Waals surface area contributed by atoms with Crippen LogP contribution in [0.15, 0.2) is 0 Å². The summed E-state index contributed by atoms with van der Waals surface area (Å²) in [5.74, 6) is -0.562. The molecule has 2 rings (SSSR count). The fraction of sp³-hybridized carbons (Fsp3) is 0.882. The van der Waals surface area contributed by atoms with Gasteiger partial charge in [-0.3, -0.25) is 14.5 Å². The molecule has 2 saturated heterocycles. The lowest BCUT2D eigenvalue weighted by Gasteiger charge is -2.38. The van der Waals surface area contributed by atoms with Crippen LogP contribution in [0.2, 0.25) is 0 Å². The van der Waals surface area contributed by atoms with Gasteiger partial charge in [-0.05, 0) is 26.2 Å². The van der Waals surface area contributed by atoms with Crippen molar-refractivity contribution in [1.29, 1.82) is 0 Å². The highest BCUT2D eigenvalue weighted by molar-refractivity contribution is 7.90. The SMILES string of the molecule is C[C@@H](CS(C)(=O)=O)C(=O)N1CCN(CC(=O)N2CCCC[C@@H]2C)CC1. The van der Waals surface area contributed by atoms with Crippen molar-refractivity contribution in [1.82, 2.24) is 14.7 Å². The van der Waals surface area contributed by atoms with Crippen molar-refractivity contribution in [3.05, 3.63) is 0 Å². The van der Waals surface area contributed by atoms with Gasteiger partial charge in [0, 0.05) is 50.9 Å². The quantitative estimate of drug-likeness (QED) is 0.689. The van der Waals surface area contributed by atoms with Gasteiger partial charge in [-0.1, -0.05) is 6.92 Å². The van der Waals surface area contributed by atoms with Crippen LogP contribution in [0.3, 0.4) is 0 Å². The number of piperidine rings is 1. The summed E-state index contributed by atoms with van der Waals surface area (Å²) < 4.78 is 22.7. The molecule has 0 aromatic carbocycles. The van der Waals surface area contributed by atoms with Crippen molar-refractivity contribution in [2.24, 2.45) is 5.92 Å². The Morgan fingerprint density at radius 1 is 1.08 bits per heavy atom. The second-order valence-electron chi connectivity index (χ2n) is 7.53. The van der Waals surface area contributed by atoms with Crippen LogP contribution >= 0.6 is 0 Å². The van der Waals surface area contributed by atoms with E-state index in [1.807, 2.05) is 4.90 Å². The lowest BCUT2D eigenvalue weighted by atomic mass is 10.0. The third kappa shape index (κ3) is 5.95. The molecule has 0 unspecified atom stereocenters. The van der Waals surface area contributed by atoms with E-state index >= 15 is 0 Å². The molecule has 0 aromatic heterocycles. The van der Waals surface area contributed by atoms with Crippen LogP contribution in [0.1, 0.15) is 33.1 Å². The van der Waals surface area contributed by atoms with Crippen LogP contribution < -0.4 is 0 Å². The molecule has 2 aliphatic heterocycles. The first-order valence-corrected chi connectivity index (χ1v) is 11.2. The summed E-state index contributed by atoms with van der Waals surface area (Å²) in [6.45, 7) is 7.45. The van der Waals surface area contributed by atoms with Crippen molar-refractivity contribution < 1.29 is 18.0 Å². The number of hydrogen-bond donors (Lipinski definition) is 0. The normalized spacial score (nSPS) is 24.2. The highest BCUT2D eigenvalue weighted by Gasteiger charge is 2.29. The van der Waals surface area contributed by atoms with Crippen LogP contribution in [0.25, 0.3) is 0 Å². The third-order valence-corrected chi connectivity index (χ3v) is 6.25. The second-order valence-corrected chi connectivity index (χ2v) is 9.71. The number of carbonyl (C=O) groups is 2. The average molecular weight is 374 g/mol. The smallest absolute Gasteiger partial charge is 0.236 e. The molecule has 7 nitrogen and oxygen atoms in total. The number of sulfone groups is 1. The predicted octanol–water partition coefficient (Wildman–Crippen LogP) is 0.212. The maximum absolute atomic E-state index is 12.5. The van der Waals surface area contributed by atoms with Crippen LogP contribution in [0.5, 0.6) is 0 Å². The second kappa shape index (κ2) is 8.49. The summed E-state index contributed by atoms with van der Waals surface area (Å²) in [7, 11) is -3.16. The zero-order valence-electron chi connectivity index (χ0n) is 15.6. The number of carbonyl (C=O) groups excluding carboxylic acids is 2. The minimum atomic E-state index is -3.16. The molecule has 144 valence electrons. The van der Waals surface area contributed by atoms with Gasteiger partial charge in [0.2, 0.25) is 11.8 Å². The molecule has 2 atom stereocenters. The first-order chi connectivity index (χ1) is 11.7. The molecule has 0 aliphatic carbocycles.